The summed E-state index contributed by atoms with van der Waals surface area (Å²) in [6.45, 7) is 0.414. The van der Waals surface area contributed by atoms with E-state index in [2.05, 4.69) is 0 Å². The molecule has 5 rings (SSSR count). The SMILES string of the molecule is CO[C@@H]1O[C@@H]2COC(c3ccccc3)O[C@H]2[C@H]2OC(c3ccccc3)=N[C@@H]12. The van der Waals surface area contributed by atoms with Crippen molar-refractivity contribution in [2.75, 3.05) is 13.7 Å². The maximum absolute atomic E-state index is 6.27. The van der Waals surface area contributed by atoms with E-state index in [0.717, 1.165) is 11.1 Å². The van der Waals surface area contributed by atoms with E-state index in [-0.39, 0.29) is 24.4 Å². The van der Waals surface area contributed by atoms with Gasteiger partial charge in [0.25, 0.3) is 0 Å². The van der Waals surface area contributed by atoms with Crippen molar-refractivity contribution >= 4 is 5.90 Å². The molecule has 0 aromatic heterocycles. The molecule has 2 fully saturated rings. The van der Waals surface area contributed by atoms with E-state index in [1.165, 1.54) is 0 Å². The van der Waals surface area contributed by atoms with Crippen LogP contribution in [-0.4, -0.2) is 50.3 Å². The van der Waals surface area contributed by atoms with Crippen LogP contribution in [0.3, 0.4) is 0 Å². The summed E-state index contributed by atoms with van der Waals surface area (Å²) in [5.41, 5.74) is 1.91. The first-order valence-corrected chi connectivity index (χ1v) is 9.13. The van der Waals surface area contributed by atoms with Crippen molar-refractivity contribution in [1.82, 2.24) is 0 Å². The van der Waals surface area contributed by atoms with Crippen LogP contribution in [0, 0.1) is 0 Å². The van der Waals surface area contributed by atoms with Gasteiger partial charge in [-0.25, -0.2) is 4.99 Å². The molecule has 0 N–H and O–H groups in total. The lowest BCUT2D eigenvalue weighted by atomic mass is 9.96. The molecule has 3 aliphatic rings. The van der Waals surface area contributed by atoms with Crippen LogP contribution in [0.25, 0.3) is 0 Å². The molecule has 0 bridgehead atoms. The fraction of sp³-hybridized carbons (Fsp3) is 0.381. The molecular formula is C21H21NO5. The average Bonchev–Trinajstić information content (AvgIpc) is 3.20. The smallest absolute Gasteiger partial charge is 0.217 e. The molecule has 27 heavy (non-hydrogen) atoms. The standard InChI is InChI=1S/C21H21NO5/c1-23-21-16-18(26-19(22-16)13-8-4-2-5-9-13)17-15(25-21)12-24-20(27-17)14-10-6-3-7-11-14/h2-11,15-18,20-21H,12H2,1H3/t15-,16-,17-,18+,20?,21-/m1/s1. The van der Waals surface area contributed by atoms with E-state index in [1.54, 1.807) is 7.11 Å². The first kappa shape index (κ1) is 16.9. The highest BCUT2D eigenvalue weighted by Crippen LogP contribution is 2.39. The van der Waals surface area contributed by atoms with Crippen molar-refractivity contribution in [3.8, 4) is 0 Å². The number of ether oxygens (including phenoxy) is 5. The predicted octanol–water partition coefficient (Wildman–Crippen LogP) is 2.69. The molecule has 2 saturated heterocycles. The Balaban J connectivity index is 1.41. The molecule has 6 nitrogen and oxygen atoms in total. The van der Waals surface area contributed by atoms with Crippen molar-refractivity contribution in [3.63, 3.8) is 0 Å². The third kappa shape index (κ3) is 3.04. The van der Waals surface area contributed by atoms with Gasteiger partial charge in [0.1, 0.15) is 18.2 Å². The Bertz CT molecular complexity index is 812. The van der Waals surface area contributed by atoms with Gasteiger partial charge in [0, 0.05) is 18.2 Å². The molecule has 3 aliphatic heterocycles. The Hall–Kier alpha value is -2.25. The quantitative estimate of drug-likeness (QED) is 0.835. The molecule has 140 valence electrons. The zero-order valence-electron chi connectivity index (χ0n) is 14.9. The lowest BCUT2D eigenvalue weighted by molar-refractivity contribution is -0.333. The summed E-state index contributed by atoms with van der Waals surface area (Å²) in [6.07, 6.45) is -1.76. The third-order valence-electron chi connectivity index (χ3n) is 5.15. The summed E-state index contributed by atoms with van der Waals surface area (Å²) < 4.78 is 30.0. The van der Waals surface area contributed by atoms with Crippen molar-refractivity contribution in [2.45, 2.75) is 36.9 Å². The number of rotatable bonds is 3. The molecule has 6 atom stereocenters. The molecule has 0 amide bonds. The zero-order valence-corrected chi connectivity index (χ0v) is 14.9. The summed E-state index contributed by atoms with van der Waals surface area (Å²) >= 11 is 0. The number of aliphatic imine (C=N–C) groups is 1. The van der Waals surface area contributed by atoms with Crippen molar-refractivity contribution in [3.05, 3.63) is 71.8 Å². The number of methoxy groups -OCH3 is 1. The Morgan fingerprint density at radius 3 is 2.41 bits per heavy atom. The van der Waals surface area contributed by atoms with E-state index >= 15 is 0 Å². The average molecular weight is 367 g/mol. The minimum absolute atomic E-state index is 0.263. The number of fused-ring (bicyclic) bond motifs is 3. The lowest BCUT2D eigenvalue weighted by Gasteiger charge is -2.45. The van der Waals surface area contributed by atoms with Gasteiger partial charge in [0.15, 0.2) is 18.7 Å². The second-order valence-electron chi connectivity index (χ2n) is 6.83. The molecule has 6 heteroatoms. The van der Waals surface area contributed by atoms with Crippen LogP contribution < -0.4 is 0 Å². The molecule has 1 unspecified atom stereocenters. The fourth-order valence-electron chi connectivity index (χ4n) is 3.82. The van der Waals surface area contributed by atoms with Gasteiger partial charge in [0.05, 0.1) is 6.61 Å². The van der Waals surface area contributed by atoms with Crippen LogP contribution >= 0.6 is 0 Å². The zero-order chi connectivity index (χ0) is 18.2. The van der Waals surface area contributed by atoms with Gasteiger partial charge in [-0.15, -0.1) is 0 Å². The summed E-state index contributed by atoms with van der Waals surface area (Å²) in [5.74, 6) is 0.600. The van der Waals surface area contributed by atoms with Crippen LogP contribution in [0.2, 0.25) is 0 Å². The first-order chi connectivity index (χ1) is 13.3. The van der Waals surface area contributed by atoms with E-state index in [1.807, 2.05) is 60.7 Å². The highest BCUT2D eigenvalue weighted by atomic mass is 16.7. The number of nitrogens with zero attached hydrogens (tertiary/aromatic N) is 1. The monoisotopic (exact) mass is 367 g/mol. The van der Waals surface area contributed by atoms with Crippen LogP contribution in [-0.2, 0) is 23.7 Å². The van der Waals surface area contributed by atoms with Gasteiger partial charge in [-0.05, 0) is 12.1 Å². The van der Waals surface area contributed by atoms with Gasteiger partial charge in [-0.2, -0.15) is 0 Å². The van der Waals surface area contributed by atoms with Gasteiger partial charge in [-0.1, -0.05) is 48.5 Å². The summed E-state index contributed by atoms with van der Waals surface area (Å²) in [7, 11) is 1.62. The van der Waals surface area contributed by atoms with Gasteiger partial charge < -0.3 is 23.7 Å². The highest BCUT2D eigenvalue weighted by Gasteiger charge is 2.54. The maximum Gasteiger partial charge on any atom is 0.217 e. The predicted molar refractivity (Wildman–Crippen MR) is 97.3 cm³/mol. The maximum atomic E-state index is 6.27. The number of hydrogen-bond acceptors (Lipinski definition) is 6. The molecule has 0 radical (unpaired) electrons. The molecule has 0 spiro atoms. The topological polar surface area (TPSA) is 58.5 Å². The van der Waals surface area contributed by atoms with Gasteiger partial charge >= 0.3 is 0 Å². The molecule has 2 aromatic rings. The molecule has 0 aliphatic carbocycles. The van der Waals surface area contributed by atoms with Gasteiger partial charge in [-0.3, -0.25) is 0 Å². The van der Waals surface area contributed by atoms with Crippen molar-refractivity contribution < 1.29 is 23.7 Å². The Kier molecular flexibility index (Phi) is 4.41. The van der Waals surface area contributed by atoms with Crippen molar-refractivity contribution in [2.24, 2.45) is 4.99 Å². The van der Waals surface area contributed by atoms with Gasteiger partial charge in [0.2, 0.25) is 5.90 Å². The highest BCUT2D eigenvalue weighted by molar-refractivity contribution is 5.95. The Morgan fingerprint density at radius 1 is 0.926 bits per heavy atom. The number of benzene rings is 2. The minimum Gasteiger partial charge on any atom is -0.469 e. The summed E-state index contributed by atoms with van der Waals surface area (Å²) in [6, 6.07) is 19.5. The van der Waals surface area contributed by atoms with Crippen LogP contribution in [0.15, 0.2) is 65.7 Å². The van der Waals surface area contributed by atoms with Crippen LogP contribution in [0.5, 0.6) is 0 Å². The van der Waals surface area contributed by atoms with E-state index < -0.39 is 12.6 Å². The number of hydrogen-bond donors (Lipinski definition) is 0. The Labute approximate surface area is 157 Å². The largest absolute Gasteiger partial charge is 0.469 e. The normalized spacial score (nSPS) is 34.9. The first-order valence-electron chi connectivity index (χ1n) is 9.13. The third-order valence-corrected chi connectivity index (χ3v) is 5.15. The van der Waals surface area contributed by atoms with E-state index in [9.17, 15) is 0 Å². The van der Waals surface area contributed by atoms with E-state index in [0.29, 0.717) is 12.5 Å². The Morgan fingerprint density at radius 2 is 1.67 bits per heavy atom. The second-order valence-corrected chi connectivity index (χ2v) is 6.83. The molecule has 3 heterocycles. The summed E-state index contributed by atoms with van der Waals surface area (Å²) in [5, 5.41) is 0. The van der Waals surface area contributed by atoms with Crippen molar-refractivity contribution in [1.29, 1.82) is 0 Å². The summed E-state index contributed by atoms with van der Waals surface area (Å²) in [4.78, 5) is 4.74. The minimum atomic E-state index is -0.488. The van der Waals surface area contributed by atoms with E-state index in [4.69, 9.17) is 28.7 Å². The fourth-order valence-corrected chi connectivity index (χ4v) is 3.82. The second kappa shape index (κ2) is 7.05. The molecular weight excluding hydrogens is 346 g/mol. The lowest BCUT2D eigenvalue weighted by Crippen LogP contribution is -2.60. The van der Waals surface area contributed by atoms with Crippen LogP contribution in [0.1, 0.15) is 17.4 Å². The van der Waals surface area contributed by atoms with Crippen LogP contribution in [0.4, 0.5) is 0 Å². The molecule has 0 saturated carbocycles. The molecule has 2 aromatic carbocycles.